The summed E-state index contributed by atoms with van der Waals surface area (Å²) in [6.07, 6.45) is 0.976. The zero-order chi connectivity index (χ0) is 12.1. The first-order chi connectivity index (χ1) is 7.50. The molecule has 0 fully saturated rings. The lowest BCUT2D eigenvalue weighted by atomic mass is 10.3. The quantitative estimate of drug-likeness (QED) is 0.848. The van der Waals surface area contributed by atoms with Gasteiger partial charge in [-0.05, 0) is 61.5 Å². The van der Waals surface area contributed by atoms with Gasteiger partial charge in [-0.3, -0.25) is 4.79 Å². The fraction of sp³-hybridized carbons (Fsp3) is 0.545. The number of hydrogen-bond acceptors (Lipinski definition) is 3. The highest BCUT2D eigenvalue weighted by molar-refractivity contribution is 9.11. The Labute approximate surface area is 109 Å². The molecule has 0 unspecified atom stereocenters. The van der Waals surface area contributed by atoms with Crippen LogP contribution in [0.25, 0.3) is 0 Å². The highest BCUT2D eigenvalue weighted by atomic mass is 79.9. The van der Waals surface area contributed by atoms with Crippen molar-refractivity contribution in [3.63, 3.8) is 0 Å². The number of carbonyl (C=O) groups excluding carboxylic acids is 1. The van der Waals surface area contributed by atoms with Gasteiger partial charge in [-0.25, -0.2) is 0 Å². The topological polar surface area (TPSA) is 32.3 Å². The molecule has 0 aliphatic carbocycles. The smallest absolute Gasteiger partial charge is 0.261 e. The number of nitrogens with zero attached hydrogens (tertiary/aromatic N) is 1. The van der Waals surface area contributed by atoms with E-state index in [1.807, 2.05) is 27.1 Å². The maximum atomic E-state index is 11.7. The van der Waals surface area contributed by atoms with Gasteiger partial charge < -0.3 is 10.2 Å². The Morgan fingerprint density at radius 3 is 2.75 bits per heavy atom. The molecule has 5 heteroatoms. The third kappa shape index (κ3) is 4.23. The summed E-state index contributed by atoms with van der Waals surface area (Å²) in [5.41, 5.74) is 1.11. The van der Waals surface area contributed by atoms with Crippen LogP contribution in [0.1, 0.15) is 21.7 Å². The molecule has 0 bridgehead atoms. The van der Waals surface area contributed by atoms with Crippen LogP contribution in [0.5, 0.6) is 0 Å². The van der Waals surface area contributed by atoms with Crippen molar-refractivity contribution in [2.24, 2.45) is 0 Å². The number of rotatable bonds is 5. The average Bonchev–Trinajstić information content (AvgIpc) is 2.54. The Kier molecular flexibility index (Phi) is 5.44. The molecule has 0 spiro atoms. The normalized spacial score (nSPS) is 10.8. The Hall–Kier alpha value is -0.390. The lowest BCUT2D eigenvalue weighted by Crippen LogP contribution is -2.26. The van der Waals surface area contributed by atoms with Gasteiger partial charge in [0.2, 0.25) is 0 Å². The summed E-state index contributed by atoms with van der Waals surface area (Å²) in [5, 5.41) is 2.92. The maximum absolute atomic E-state index is 11.7. The van der Waals surface area contributed by atoms with Crippen LogP contribution in [0.3, 0.4) is 0 Å². The van der Waals surface area contributed by atoms with E-state index in [1.54, 1.807) is 0 Å². The van der Waals surface area contributed by atoms with Crippen molar-refractivity contribution in [3.8, 4) is 0 Å². The Bertz CT molecular complexity index is 343. The number of thiophene rings is 1. The molecule has 16 heavy (non-hydrogen) atoms. The van der Waals surface area contributed by atoms with Crippen LogP contribution in [-0.2, 0) is 0 Å². The van der Waals surface area contributed by atoms with Crippen molar-refractivity contribution in [2.45, 2.75) is 13.3 Å². The van der Waals surface area contributed by atoms with Crippen LogP contribution in [0.4, 0.5) is 0 Å². The summed E-state index contributed by atoms with van der Waals surface area (Å²) in [4.78, 5) is 14.6. The van der Waals surface area contributed by atoms with Crippen LogP contribution < -0.4 is 5.32 Å². The summed E-state index contributed by atoms with van der Waals surface area (Å²) >= 11 is 4.90. The molecule has 1 aromatic rings. The third-order valence-electron chi connectivity index (χ3n) is 2.15. The van der Waals surface area contributed by atoms with E-state index in [0.717, 1.165) is 33.7 Å². The summed E-state index contributed by atoms with van der Waals surface area (Å²) in [6.45, 7) is 3.71. The zero-order valence-corrected chi connectivity index (χ0v) is 12.2. The first-order valence-electron chi connectivity index (χ1n) is 5.19. The second-order valence-electron chi connectivity index (χ2n) is 3.98. The number of nitrogens with one attached hydrogen (secondary N) is 1. The summed E-state index contributed by atoms with van der Waals surface area (Å²) in [5.74, 6) is 0.0255. The van der Waals surface area contributed by atoms with Gasteiger partial charge in [0.1, 0.15) is 0 Å². The van der Waals surface area contributed by atoms with Gasteiger partial charge in [0.05, 0.1) is 8.66 Å². The molecule has 0 saturated heterocycles. The minimum Gasteiger partial charge on any atom is -0.351 e. The lowest BCUT2D eigenvalue weighted by Gasteiger charge is -2.09. The monoisotopic (exact) mass is 304 g/mol. The molecule has 3 nitrogen and oxygen atoms in total. The SMILES string of the molecule is Cc1cc(C(=O)NCCCN(C)C)sc1Br. The number of carbonyl (C=O) groups is 1. The molecule has 90 valence electrons. The second kappa shape index (κ2) is 6.37. The number of aryl methyl sites for hydroxylation is 1. The summed E-state index contributed by atoms with van der Waals surface area (Å²) in [6, 6.07) is 1.91. The van der Waals surface area contributed by atoms with Gasteiger partial charge in [-0.1, -0.05) is 0 Å². The van der Waals surface area contributed by atoms with E-state index in [0.29, 0.717) is 0 Å². The lowest BCUT2D eigenvalue weighted by molar-refractivity contribution is 0.0956. The molecule has 0 aliphatic rings. The van der Waals surface area contributed by atoms with Gasteiger partial charge >= 0.3 is 0 Å². The molecule has 1 heterocycles. The van der Waals surface area contributed by atoms with E-state index < -0.39 is 0 Å². The molecular formula is C11H17BrN2OS. The predicted octanol–water partition coefficient (Wildman–Crippen LogP) is 2.50. The van der Waals surface area contributed by atoms with Crippen molar-refractivity contribution in [1.82, 2.24) is 10.2 Å². The predicted molar refractivity (Wildman–Crippen MR) is 72.3 cm³/mol. The molecule has 1 rings (SSSR count). The van der Waals surface area contributed by atoms with E-state index in [1.165, 1.54) is 11.3 Å². The highest BCUT2D eigenvalue weighted by Gasteiger charge is 2.10. The average molecular weight is 305 g/mol. The molecule has 1 N–H and O–H groups in total. The molecule has 0 atom stereocenters. The number of hydrogen-bond donors (Lipinski definition) is 1. The van der Waals surface area contributed by atoms with Gasteiger partial charge in [-0.2, -0.15) is 0 Å². The van der Waals surface area contributed by atoms with Crippen molar-refractivity contribution < 1.29 is 4.79 Å². The van der Waals surface area contributed by atoms with Crippen molar-refractivity contribution in [2.75, 3.05) is 27.2 Å². The van der Waals surface area contributed by atoms with Crippen LogP contribution in [-0.4, -0.2) is 38.0 Å². The number of halogens is 1. The third-order valence-corrected chi connectivity index (χ3v) is 4.28. The van der Waals surface area contributed by atoms with Gasteiger partial charge in [-0.15, -0.1) is 11.3 Å². The minimum atomic E-state index is 0.0255. The van der Waals surface area contributed by atoms with Crippen LogP contribution in [0.2, 0.25) is 0 Å². The molecule has 1 aromatic heterocycles. The fourth-order valence-electron chi connectivity index (χ4n) is 1.26. The Balaban J connectivity index is 2.35. The van der Waals surface area contributed by atoms with Crippen LogP contribution >= 0.6 is 27.3 Å². The Morgan fingerprint density at radius 1 is 1.56 bits per heavy atom. The maximum Gasteiger partial charge on any atom is 0.261 e. The van der Waals surface area contributed by atoms with Gasteiger partial charge in [0, 0.05) is 6.54 Å². The van der Waals surface area contributed by atoms with E-state index >= 15 is 0 Å². The summed E-state index contributed by atoms with van der Waals surface area (Å²) in [7, 11) is 4.06. The number of amides is 1. The van der Waals surface area contributed by atoms with Crippen molar-refractivity contribution in [3.05, 3.63) is 20.3 Å². The zero-order valence-electron chi connectivity index (χ0n) is 9.84. The molecule has 1 amide bonds. The first-order valence-corrected chi connectivity index (χ1v) is 6.80. The van der Waals surface area contributed by atoms with Crippen molar-refractivity contribution >= 4 is 33.2 Å². The molecule has 0 aromatic carbocycles. The van der Waals surface area contributed by atoms with Crippen LogP contribution in [0, 0.1) is 6.92 Å². The second-order valence-corrected chi connectivity index (χ2v) is 6.35. The minimum absolute atomic E-state index is 0.0255. The highest BCUT2D eigenvalue weighted by Crippen LogP contribution is 2.27. The molecule has 0 saturated carbocycles. The molecule has 0 radical (unpaired) electrons. The van der Waals surface area contributed by atoms with E-state index in [2.05, 4.69) is 26.1 Å². The largest absolute Gasteiger partial charge is 0.351 e. The van der Waals surface area contributed by atoms with E-state index in [-0.39, 0.29) is 5.91 Å². The standard InChI is InChI=1S/C11H17BrN2OS/c1-8-7-9(16-10(8)12)11(15)13-5-4-6-14(2)3/h7H,4-6H2,1-3H3,(H,13,15). The first kappa shape index (κ1) is 13.7. The van der Waals surface area contributed by atoms with Crippen molar-refractivity contribution in [1.29, 1.82) is 0 Å². The van der Waals surface area contributed by atoms with Gasteiger partial charge in [0.15, 0.2) is 0 Å². The van der Waals surface area contributed by atoms with E-state index in [4.69, 9.17) is 0 Å². The summed E-state index contributed by atoms with van der Waals surface area (Å²) < 4.78 is 1.03. The molecular weight excluding hydrogens is 288 g/mol. The Morgan fingerprint density at radius 2 is 2.25 bits per heavy atom. The van der Waals surface area contributed by atoms with E-state index in [9.17, 15) is 4.79 Å². The molecule has 0 aliphatic heterocycles. The fourth-order valence-corrected chi connectivity index (χ4v) is 2.71. The van der Waals surface area contributed by atoms with Gasteiger partial charge in [0.25, 0.3) is 5.91 Å². The van der Waals surface area contributed by atoms with Crippen LogP contribution in [0.15, 0.2) is 9.85 Å².